The molecule has 0 radical (unpaired) electrons. The van der Waals surface area contributed by atoms with E-state index < -0.39 is 5.97 Å². The Labute approximate surface area is 113 Å². The highest BCUT2D eigenvalue weighted by atomic mass is 79.9. The van der Waals surface area contributed by atoms with E-state index in [1.807, 2.05) is 6.07 Å². The summed E-state index contributed by atoms with van der Waals surface area (Å²) in [7, 11) is 0. The second-order valence-electron chi connectivity index (χ2n) is 4.86. The van der Waals surface area contributed by atoms with Crippen molar-refractivity contribution in [1.82, 2.24) is 0 Å². The quantitative estimate of drug-likeness (QED) is 0.901. The van der Waals surface area contributed by atoms with E-state index >= 15 is 0 Å². The second kappa shape index (κ2) is 4.55. The summed E-state index contributed by atoms with van der Waals surface area (Å²) < 4.78 is 6.64. The van der Waals surface area contributed by atoms with Crippen LogP contribution in [0.4, 0.5) is 5.69 Å². The highest BCUT2D eigenvalue weighted by Crippen LogP contribution is 2.36. The average Bonchev–Trinajstić information content (AvgIpc) is 2.90. The monoisotopic (exact) mass is 311 g/mol. The van der Waals surface area contributed by atoms with E-state index in [4.69, 9.17) is 4.74 Å². The predicted octanol–water partition coefficient (Wildman–Crippen LogP) is 2.88. The number of hydrogen-bond acceptors (Lipinski definition) is 3. The number of aromatic carboxylic acids is 1. The molecule has 2 saturated heterocycles. The maximum absolute atomic E-state index is 11.2. The molecular formula is C13H14BrNO3. The lowest BCUT2D eigenvalue weighted by Gasteiger charge is -2.22. The van der Waals surface area contributed by atoms with Crippen molar-refractivity contribution in [2.24, 2.45) is 0 Å². The molecule has 5 heteroatoms. The van der Waals surface area contributed by atoms with Gasteiger partial charge in [0.2, 0.25) is 0 Å². The number of nitrogens with one attached hydrogen (secondary N) is 1. The zero-order valence-electron chi connectivity index (χ0n) is 9.73. The lowest BCUT2D eigenvalue weighted by Crippen LogP contribution is -2.31. The van der Waals surface area contributed by atoms with Crippen LogP contribution in [0.1, 0.15) is 29.6 Å². The second-order valence-corrected chi connectivity index (χ2v) is 5.77. The summed E-state index contributed by atoms with van der Waals surface area (Å²) in [5.74, 6) is -0.908. The first kappa shape index (κ1) is 12.0. The number of rotatable bonds is 3. The van der Waals surface area contributed by atoms with Gasteiger partial charge in [-0.3, -0.25) is 0 Å². The van der Waals surface area contributed by atoms with Crippen LogP contribution in [0, 0.1) is 0 Å². The third kappa shape index (κ3) is 2.12. The van der Waals surface area contributed by atoms with Gasteiger partial charge in [-0.25, -0.2) is 4.79 Å². The Morgan fingerprint density at radius 1 is 1.44 bits per heavy atom. The summed E-state index contributed by atoms with van der Waals surface area (Å²) >= 11 is 3.37. The molecule has 1 aromatic carbocycles. The van der Waals surface area contributed by atoms with Crippen LogP contribution < -0.4 is 5.32 Å². The van der Waals surface area contributed by atoms with Crippen LogP contribution in [0.2, 0.25) is 0 Å². The van der Waals surface area contributed by atoms with Crippen molar-refractivity contribution in [3.05, 3.63) is 28.2 Å². The molecule has 18 heavy (non-hydrogen) atoms. The first-order valence-corrected chi connectivity index (χ1v) is 6.87. The highest BCUT2D eigenvalue weighted by molar-refractivity contribution is 9.10. The van der Waals surface area contributed by atoms with E-state index in [2.05, 4.69) is 21.2 Å². The van der Waals surface area contributed by atoms with Crippen molar-refractivity contribution in [2.75, 3.05) is 5.32 Å². The third-order valence-corrected chi connectivity index (χ3v) is 4.15. The molecular weight excluding hydrogens is 298 g/mol. The van der Waals surface area contributed by atoms with Crippen molar-refractivity contribution in [3.8, 4) is 0 Å². The number of carbonyl (C=O) groups is 1. The van der Waals surface area contributed by atoms with E-state index in [0.717, 1.165) is 23.7 Å². The van der Waals surface area contributed by atoms with Gasteiger partial charge in [0.05, 0.1) is 29.5 Å². The zero-order valence-corrected chi connectivity index (χ0v) is 11.3. The molecule has 2 bridgehead atoms. The number of ether oxygens (including phenoxy) is 1. The Hall–Kier alpha value is -1.07. The van der Waals surface area contributed by atoms with Crippen molar-refractivity contribution < 1.29 is 14.6 Å². The summed E-state index contributed by atoms with van der Waals surface area (Å²) in [6, 6.07) is 5.40. The van der Waals surface area contributed by atoms with Gasteiger partial charge in [0, 0.05) is 4.47 Å². The number of benzene rings is 1. The van der Waals surface area contributed by atoms with Crippen LogP contribution in [-0.2, 0) is 4.74 Å². The number of fused-ring (bicyclic) bond motifs is 2. The van der Waals surface area contributed by atoms with Crippen LogP contribution in [0.3, 0.4) is 0 Å². The molecule has 96 valence electrons. The molecule has 3 unspecified atom stereocenters. The van der Waals surface area contributed by atoms with Gasteiger partial charge in [-0.1, -0.05) is 15.9 Å². The predicted molar refractivity (Wildman–Crippen MR) is 71.0 cm³/mol. The van der Waals surface area contributed by atoms with Gasteiger partial charge < -0.3 is 15.2 Å². The van der Waals surface area contributed by atoms with E-state index in [-0.39, 0.29) is 12.1 Å². The largest absolute Gasteiger partial charge is 0.478 e. The number of anilines is 1. The molecule has 0 aliphatic carbocycles. The standard InChI is InChI=1S/C13H14BrNO3/c14-7-1-3-9(13(16)17)10(5-7)15-11-6-8-2-4-12(11)18-8/h1,3,5,8,11-12,15H,2,4,6H2,(H,16,17). The molecule has 2 heterocycles. The van der Waals surface area contributed by atoms with Crippen LogP contribution in [0.5, 0.6) is 0 Å². The molecule has 3 rings (SSSR count). The van der Waals surface area contributed by atoms with E-state index in [0.29, 0.717) is 17.4 Å². The van der Waals surface area contributed by atoms with Crippen LogP contribution in [0.25, 0.3) is 0 Å². The normalized spacial score (nSPS) is 29.5. The summed E-state index contributed by atoms with van der Waals surface area (Å²) in [6.45, 7) is 0. The molecule has 2 aliphatic heterocycles. The summed E-state index contributed by atoms with van der Waals surface area (Å²) in [5, 5.41) is 12.5. The molecule has 4 nitrogen and oxygen atoms in total. The fourth-order valence-electron chi connectivity index (χ4n) is 2.81. The van der Waals surface area contributed by atoms with E-state index in [9.17, 15) is 9.90 Å². The van der Waals surface area contributed by atoms with Gasteiger partial charge in [-0.2, -0.15) is 0 Å². The van der Waals surface area contributed by atoms with Gasteiger partial charge in [0.15, 0.2) is 0 Å². The molecule has 1 aromatic rings. The van der Waals surface area contributed by atoms with Crippen LogP contribution in [-0.4, -0.2) is 29.3 Å². The number of halogens is 1. The molecule has 0 amide bonds. The van der Waals surface area contributed by atoms with Crippen LogP contribution in [0.15, 0.2) is 22.7 Å². The van der Waals surface area contributed by atoms with Gasteiger partial charge >= 0.3 is 5.97 Å². The Bertz CT molecular complexity index is 491. The number of carboxylic acid groups (broad SMARTS) is 1. The fraction of sp³-hybridized carbons (Fsp3) is 0.462. The lowest BCUT2D eigenvalue weighted by molar-refractivity contribution is 0.0697. The number of hydrogen-bond donors (Lipinski definition) is 2. The Morgan fingerprint density at radius 2 is 2.28 bits per heavy atom. The molecule has 2 aliphatic rings. The third-order valence-electron chi connectivity index (χ3n) is 3.66. The van der Waals surface area contributed by atoms with Crippen molar-refractivity contribution in [1.29, 1.82) is 0 Å². The first-order valence-electron chi connectivity index (χ1n) is 6.08. The Kier molecular flexibility index (Phi) is 3.03. The lowest BCUT2D eigenvalue weighted by atomic mass is 9.95. The van der Waals surface area contributed by atoms with Gasteiger partial charge in [0.1, 0.15) is 0 Å². The van der Waals surface area contributed by atoms with Crippen molar-refractivity contribution >= 4 is 27.6 Å². The average molecular weight is 312 g/mol. The number of carboxylic acids is 1. The van der Waals surface area contributed by atoms with E-state index in [1.165, 1.54) is 0 Å². The summed E-state index contributed by atoms with van der Waals surface area (Å²) in [5.41, 5.74) is 0.971. The SMILES string of the molecule is O=C(O)c1ccc(Br)cc1NC1CC2CCC1O2. The molecule has 2 N–H and O–H groups in total. The van der Waals surface area contributed by atoms with Crippen molar-refractivity contribution in [3.63, 3.8) is 0 Å². The Balaban J connectivity index is 1.83. The molecule has 3 atom stereocenters. The Morgan fingerprint density at radius 3 is 2.89 bits per heavy atom. The maximum Gasteiger partial charge on any atom is 0.337 e. The topological polar surface area (TPSA) is 58.6 Å². The summed E-state index contributed by atoms with van der Waals surface area (Å²) in [6.07, 6.45) is 3.76. The highest BCUT2D eigenvalue weighted by Gasteiger charge is 2.40. The molecule has 2 fully saturated rings. The van der Waals surface area contributed by atoms with Gasteiger partial charge in [0.25, 0.3) is 0 Å². The minimum absolute atomic E-state index is 0.232. The molecule has 0 spiro atoms. The minimum atomic E-state index is -0.908. The van der Waals surface area contributed by atoms with E-state index in [1.54, 1.807) is 12.1 Å². The van der Waals surface area contributed by atoms with Crippen LogP contribution >= 0.6 is 15.9 Å². The first-order chi connectivity index (χ1) is 8.63. The molecule has 0 aromatic heterocycles. The van der Waals surface area contributed by atoms with Gasteiger partial charge in [-0.05, 0) is 37.5 Å². The zero-order chi connectivity index (χ0) is 12.7. The molecule has 0 saturated carbocycles. The van der Waals surface area contributed by atoms with Gasteiger partial charge in [-0.15, -0.1) is 0 Å². The minimum Gasteiger partial charge on any atom is -0.478 e. The fourth-order valence-corrected chi connectivity index (χ4v) is 3.17. The summed E-state index contributed by atoms with van der Waals surface area (Å²) in [4.78, 5) is 11.2. The van der Waals surface area contributed by atoms with Crippen molar-refractivity contribution in [2.45, 2.75) is 37.5 Å². The smallest absolute Gasteiger partial charge is 0.337 e. The maximum atomic E-state index is 11.2.